The molecular weight excluding hydrogens is 267 g/mol. The summed E-state index contributed by atoms with van der Waals surface area (Å²) >= 11 is 5.95. The zero-order chi connectivity index (χ0) is 14.0. The number of hydrogen-bond acceptors (Lipinski definition) is 3. The fourth-order valence-electron chi connectivity index (χ4n) is 1.73. The maximum atomic E-state index is 13.6. The zero-order valence-corrected chi connectivity index (χ0v) is 11.4. The van der Waals surface area contributed by atoms with Gasteiger partial charge in [0.25, 0.3) is 0 Å². The van der Waals surface area contributed by atoms with E-state index in [1.165, 1.54) is 13.2 Å². The van der Waals surface area contributed by atoms with Crippen molar-refractivity contribution in [3.63, 3.8) is 0 Å². The molecular formula is C14H14ClFN2O. The molecule has 5 heteroatoms. The molecule has 0 unspecified atom stereocenters. The third-order valence-corrected chi connectivity index (χ3v) is 3.06. The topological polar surface area (TPSA) is 47.3 Å². The minimum Gasteiger partial charge on any atom is -0.494 e. The Morgan fingerprint density at radius 3 is 2.63 bits per heavy atom. The molecule has 2 aromatic rings. The number of methoxy groups -OCH3 is 1. The van der Waals surface area contributed by atoms with Gasteiger partial charge < -0.3 is 15.8 Å². The molecule has 0 amide bonds. The molecule has 3 N–H and O–H groups in total. The molecule has 0 bridgehead atoms. The Hall–Kier alpha value is -1.94. The highest BCUT2D eigenvalue weighted by Gasteiger charge is 2.07. The second kappa shape index (κ2) is 5.36. The summed E-state index contributed by atoms with van der Waals surface area (Å²) in [6, 6.07) is 8.06. The third-order valence-electron chi connectivity index (χ3n) is 2.84. The Morgan fingerprint density at radius 1 is 1.26 bits per heavy atom. The summed E-state index contributed by atoms with van der Waals surface area (Å²) in [5.74, 6) is -0.229. The zero-order valence-electron chi connectivity index (χ0n) is 10.6. The molecule has 0 fully saturated rings. The molecule has 0 aliphatic rings. The molecule has 0 heterocycles. The van der Waals surface area contributed by atoms with Gasteiger partial charge in [0, 0.05) is 28.2 Å². The Balaban J connectivity index is 2.33. The molecule has 0 aliphatic carbocycles. The van der Waals surface area contributed by atoms with E-state index in [-0.39, 0.29) is 5.75 Å². The van der Waals surface area contributed by atoms with E-state index >= 15 is 0 Å². The van der Waals surface area contributed by atoms with E-state index in [4.69, 9.17) is 22.1 Å². The number of rotatable bonds is 3. The molecule has 0 spiro atoms. The van der Waals surface area contributed by atoms with Crippen LogP contribution >= 0.6 is 11.6 Å². The lowest BCUT2D eigenvalue weighted by molar-refractivity contribution is 0.386. The van der Waals surface area contributed by atoms with Crippen molar-refractivity contribution < 1.29 is 9.13 Å². The van der Waals surface area contributed by atoms with Gasteiger partial charge in [-0.1, -0.05) is 11.6 Å². The van der Waals surface area contributed by atoms with Crippen molar-refractivity contribution in [1.29, 1.82) is 0 Å². The number of nitrogens with one attached hydrogen (secondary N) is 1. The second-order valence-electron chi connectivity index (χ2n) is 4.14. The first-order valence-corrected chi connectivity index (χ1v) is 6.05. The first kappa shape index (κ1) is 13.5. The smallest absolute Gasteiger partial charge is 0.167 e. The summed E-state index contributed by atoms with van der Waals surface area (Å²) in [6.07, 6.45) is 0. The molecule has 100 valence electrons. The van der Waals surface area contributed by atoms with Crippen LogP contribution in [0.2, 0.25) is 5.02 Å². The molecule has 2 rings (SSSR count). The van der Waals surface area contributed by atoms with E-state index < -0.39 is 5.82 Å². The largest absolute Gasteiger partial charge is 0.494 e. The first-order chi connectivity index (χ1) is 9.01. The highest BCUT2D eigenvalue weighted by molar-refractivity contribution is 6.31. The number of anilines is 3. The maximum absolute atomic E-state index is 13.6. The summed E-state index contributed by atoms with van der Waals surface area (Å²) in [7, 11) is 1.42. The number of benzene rings is 2. The van der Waals surface area contributed by atoms with E-state index in [9.17, 15) is 4.39 Å². The molecule has 3 nitrogen and oxygen atoms in total. The predicted molar refractivity (Wildman–Crippen MR) is 76.8 cm³/mol. The molecule has 0 saturated carbocycles. The lowest BCUT2D eigenvalue weighted by Gasteiger charge is -2.13. The first-order valence-electron chi connectivity index (χ1n) is 5.67. The summed E-state index contributed by atoms with van der Waals surface area (Å²) < 4.78 is 18.5. The average molecular weight is 281 g/mol. The lowest BCUT2D eigenvalue weighted by atomic mass is 10.1. The Kier molecular flexibility index (Phi) is 3.81. The highest BCUT2D eigenvalue weighted by atomic mass is 35.5. The average Bonchev–Trinajstić information content (AvgIpc) is 2.35. The molecule has 0 atom stereocenters. The Bertz CT molecular complexity index is 617. The van der Waals surface area contributed by atoms with Gasteiger partial charge in [-0.2, -0.15) is 0 Å². The van der Waals surface area contributed by atoms with Crippen LogP contribution in [0.1, 0.15) is 5.56 Å². The quantitative estimate of drug-likeness (QED) is 0.831. The van der Waals surface area contributed by atoms with Crippen molar-refractivity contribution in [2.75, 3.05) is 18.2 Å². The van der Waals surface area contributed by atoms with Crippen LogP contribution in [0.25, 0.3) is 0 Å². The van der Waals surface area contributed by atoms with Gasteiger partial charge in [-0.15, -0.1) is 0 Å². The number of ether oxygens (including phenoxy) is 1. The highest BCUT2D eigenvalue weighted by Crippen LogP contribution is 2.30. The molecule has 0 aromatic heterocycles. The predicted octanol–water partition coefficient (Wildman–Crippen LogP) is 4.12. The molecule has 19 heavy (non-hydrogen) atoms. The van der Waals surface area contributed by atoms with Crippen molar-refractivity contribution in [3.05, 3.63) is 46.7 Å². The van der Waals surface area contributed by atoms with Gasteiger partial charge in [0.1, 0.15) is 0 Å². The van der Waals surface area contributed by atoms with Crippen LogP contribution in [0.15, 0.2) is 30.3 Å². The minimum absolute atomic E-state index is 0.202. The van der Waals surface area contributed by atoms with Crippen molar-refractivity contribution >= 4 is 28.7 Å². The number of nitrogen functional groups attached to an aromatic ring is 1. The summed E-state index contributed by atoms with van der Waals surface area (Å²) in [5.41, 5.74) is 8.63. The van der Waals surface area contributed by atoms with Crippen LogP contribution in [0.5, 0.6) is 5.75 Å². The maximum Gasteiger partial charge on any atom is 0.167 e. The van der Waals surface area contributed by atoms with Crippen LogP contribution in [-0.4, -0.2) is 7.11 Å². The third kappa shape index (κ3) is 2.90. The fraction of sp³-hybridized carbons (Fsp3) is 0.143. The number of nitrogens with two attached hydrogens (primary N) is 1. The van der Waals surface area contributed by atoms with Crippen molar-refractivity contribution in [3.8, 4) is 5.75 Å². The van der Waals surface area contributed by atoms with Gasteiger partial charge in [-0.25, -0.2) is 4.39 Å². The van der Waals surface area contributed by atoms with E-state index in [2.05, 4.69) is 5.32 Å². The van der Waals surface area contributed by atoms with Gasteiger partial charge in [-0.05, 0) is 36.8 Å². The second-order valence-corrected chi connectivity index (χ2v) is 4.58. The van der Waals surface area contributed by atoms with Gasteiger partial charge in [-0.3, -0.25) is 0 Å². The SMILES string of the molecule is COc1ccc(Nc2cc(Cl)cc(N)c2C)cc1F. The molecule has 0 aliphatic heterocycles. The van der Waals surface area contributed by atoms with E-state index in [1.54, 1.807) is 24.3 Å². The van der Waals surface area contributed by atoms with E-state index in [1.807, 2.05) is 6.92 Å². The Labute approximate surface area is 116 Å². The summed E-state index contributed by atoms with van der Waals surface area (Å²) in [5, 5.41) is 3.61. The fourth-order valence-corrected chi connectivity index (χ4v) is 1.96. The lowest BCUT2D eigenvalue weighted by Crippen LogP contribution is -1.98. The summed E-state index contributed by atoms with van der Waals surface area (Å²) in [6.45, 7) is 1.87. The van der Waals surface area contributed by atoms with Crippen LogP contribution in [0, 0.1) is 12.7 Å². The van der Waals surface area contributed by atoms with Crippen LogP contribution in [0.3, 0.4) is 0 Å². The molecule has 2 aromatic carbocycles. The van der Waals surface area contributed by atoms with Gasteiger partial charge in [0.2, 0.25) is 0 Å². The van der Waals surface area contributed by atoms with Gasteiger partial charge in [0.15, 0.2) is 11.6 Å². The number of hydrogen-bond donors (Lipinski definition) is 2. The molecule has 0 radical (unpaired) electrons. The Morgan fingerprint density at radius 2 is 2.00 bits per heavy atom. The summed E-state index contributed by atoms with van der Waals surface area (Å²) in [4.78, 5) is 0. The van der Waals surface area contributed by atoms with Crippen LogP contribution in [0.4, 0.5) is 21.5 Å². The van der Waals surface area contributed by atoms with Gasteiger partial charge in [0.05, 0.1) is 7.11 Å². The molecule has 0 saturated heterocycles. The van der Waals surface area contributed by atoms with Crippen LogP contribution < -0.4 is 15.8 Å². The van der Waals surface area contributed by atoms with Crippen molar-refractivity contribution in [1.82, 2.24) is 0 Å². The number of halogens is 2. The van der Waals surface area contributed by atoms with Gasteiger partial charge >= 0.3 is 0 Å². The van der Waals surface area contributed by atoms with Crippen molar-refractivity contribution in [2.24, 2.45) is 0 Å². The van der Waals surface area contributed by atoms with Crippen LogP contribution in [-0.2, 0) is 0 Å². The van der Waals surface area contributed by atoms with E-state index in [0.29, 0.717) is 16.4 Å². The van der Waals surface area contributed by atoms with E-state index in [0.717, 1.165) is 11.3 Å². The van der Waals surface area contributed by atoms with Crippen molar-refractivity contribution in [2.45, 2.75) is 6.92 Å². The minimum atomic E-state index is -0.430. The normalized spacial score (nSPS) is 10.3. The monoisotopic (exact) mass is 280 g/mol. The standard InChI is InChI=1S/C14H14ClFN2O/c1-8-12(17)5-9(15)6-13(8)18-10-3-4-14(19-2)11(16)7-10/h3-7,18H,17H2,1-2H3.